The molecular weight excluding hydrogens is 284 g/mol. The van der Waals surface area contributed by atoms with Crippen LogP contribution in [-0.2, 0) is 0 Å². The van der Waals surface area contributed by atoms with E-state index in [4.69, 9.17) is 0 Å². The quantitative estimate of drug-likeness (QED) is 0.726. The largest absolute Gasteiger partial charge is 0.345 e. The molecule has 0 saturated carbocycles. The Bertz CT molecular complexity index is 318. The minimum Gasteiger partial charge on any atom is -0.345 e. The monoisotopic (exact) mass is 293 g/mol. The van der Waals surface area contributed by atoms with Gasteiger partial charge in [0, 0.05) is 23.2 Å². The predicted octanol–water partition coefficient (Wildman–Crippen LogP) is 2.13. The third-order valence-electron chi connectivity index (χ3n) is 1.52. The van der Waals surface area contributed by atoms with Gasteiger partial charge >= 0.3 is 0 Å². The van der Waals surface area contributed by atoms with Gasteiger partial charge in [0.15, 0.2) is 0 Å². The minimum atomic E-state index is -0.378. The third kappa shape index (κ3) is 2.65. The van der Waals surface area contributed by atoms with Gasteiger partial charge in [-0.15, -0.1) is 0 Å². The number of amides is 1. The molecule has 0 heterocycles. The molecule has 13 heavy (non-hydrogen) atoms. The molecule has 0 atom stereocenters. The van der Waals surface area contributed by atoms with E-state index in [1.807, 2.05) is 22.6 Å². The first-order valence-corrected chi connectivity index (χ1v) is 4.76. The Morgan fingerprint density at radius 2 is 2.00 bits per heavy atom. The zero-order valence-corrected chi connectivity index (χ0v) is 9.50. The van der Waals surface area contributed by atoms with Crippen LogP contribution < -0.4 is 0 Å². The van der Waals surface area contributed by atoms with Crippen molar-refractivity contribution in [2.75, 3.05) is 14.1 Å². The summed E-state index contributed by atoms with van der Waals surface area (Å²) in [6.07, 6.45) is 0. The molecule has 0 radical (unpaired) electrons. The van der Waals surface area contributed by atoms with Gasteiger partial charge < -0.3 is 4.90 Å². The fourth-order valence-electron chi connectivity index (χ4n) is 0.936. The standard InChI is InChI=1S/C9H9FINO/c1-12(2)9(13)6-3-7(10)5-8(11)4-6/h3-5H,1-2H3. The normalized spacial score (nSPS) is 9.85. The molecule has 70 valence electrons. The lowest BCUT2D eigenvalue weighted by molar-refractivity contribution is 0.0827. The molecule has 1 aromatic carbocycles. The molecule has 4 heteroatoms. The van der Waals surface area contributed by atoms with Crippen LogP contribution in [0.5, 0.6) is 0 Å². The average molecular weight is 293 g/mol. The Morgan fingerprint density at radius 1 is 1.38 bits per heavy atom. The first-order valence-electron chi connectivity index (χ1n) is 3.68. The second-order valence-electron chi connectivity index (χ2n) is 2.86. The SMILES string of the molecule is CN(C)C(=O)c1cc(F)cc(I)c1. The van der Waals surface area contributed by atoms with Crippen LogP contribution in [-0.4, -0.2) is 24.9 Å². The fourth-order valence-corrected chi connectivity index (χ4v) is 1.57. The summed E-state index contributed by atoms with van der Waals surface area (Å²) in [6.45, 7) is 0. The lowest BCUT2D eigenvalue weighted by Crippen LogP contribution is -2.21. The maximum atomic E-state index is 12.9. The molecule has 0 saturated heterocycles. The van der Waals surface area contributed by atoms with Gasteiger partial charge in [-0.3, -0.25) is 4.79 Å². The van der Waals surface area contributed by atoms with Crippen LogP contribution in [0.3, 0.4) is 0 Å². The van der Waals surface area contributed by atoms with Crippen LogP contribution in [0.2, 0.25) is 0 Å². The number of halogens is 2. The van der Waals surface area contributed by atoms with E-state index in [-0.39, 0.29) is 11.7 Å². The van der Waals surface area contributed by atoms with Gasteiger partial charge in [0.1, 0.15) is 5.82 Å². The Labute approximate surface area is 89.9 Å². The van der Waals surface area contributed by atoms with Crippen LogP contribution in [0.25, 0.3) is 0 Å². The molecule has 1 aromatic rings. The fraction of sp³-hybridized carbons (Fsp3) is 0.222. The number of carbonyl (C=O) groups excluding carboxylic acids is 1. The highest BCUT2D eigenvalue weighted by molar-refractivity contribution is 14.1. The van der Waals surface area contributed by atoms with Gasteiger partial charge in [0.25, 0.3) is 5.91 Å². The second-order valence-corrected chi connectivity index (χ2v) is 4.10. The number of rotatable bonds is 1. The molecule has 0 unspecified atom stereocenters. The van der Waals surface area contributed by atoms with Crippen molar-refractivity contribution in [1.82, 2.24) is 4.90 Å². The van der Waals surface area contributed by atoms with Crippen LogP contribution in [0.4, 0.5) is 4.39 Å². The third-order valence-corrected chi connectivity index (χ3v) is 2.14. The van der Waals surface area contributed by atoms with E-state index < -0.39 is 0 Å². The number of hydrogen-bond donors (Lipinski definition) is 0. The molecule has 0 aromatic heterocycles. The molecule has 0 spiro atoms. The number of hydrogen-bond acceptors (Lipinski definition) is 1. The van der Waals surface area contributed by atoms with E-state index in [1.165, 1.54) is 17.0 Å². The first kappa shape index (κ1) is 10.4. The highest BCUT2D eigenvalue weighted by atomic mass is 127. The molecule has 0 N–H and O–H groups in total. The van der Waals surface area contributed by atoms with E-state index in [9.17, 15) is 9.18 Å². The Morgan fingerprint density at radius 3 is 2.46 bits per heavy atom. The second kappa shape index (κ2) is 4.04. The van der Waals surface area contributed by atoms with Crippen molar-refractivity contribution >= 4 is 28.5 Å². The molecule has 2 nitrogen and oxygen atoms in total. The van der Waals surface area contributed by atoms with Gasteiger partial charge in [-0.1, -0.05) is 0 Å². The molecule has 1 amide bonds. The summed E-state index contributed by atoms with van der Waals surface area (Å²) >= 11 is 1.98. The van der Waals surface area contributed by atoms with E-state index in [0.717, 1.165) is 3.57 Å². The zero-order valence-electron chi connectivity index (χ0n) is 7.34. The predicted molar refractivity (Wildman–Crippen MR) is 57.1 cm³/mol. The van der Waals surface area contributed by atoms with Gasteiger partial charge in [-0.05, 0) is 40.8 Å². The summed E-state index contributed by atoms with van der Waals surface area (Å²) < 4.78 is 13.6. The molecule has 0 aliphatic heterocycles. The first-order chi connectivity index (χ1) is 6.00. The molecular formula is C9H9FINO. The van der Waals surface area contributed by atoms with Crippen LogP contribution in [0.15, 0.2) is 18.2 Å². The maximum absolute atomic E-state index is 12.9. The summed E-state index contributed by atoms with van der Waals surface area (Å²) in [5, 5.41) is 0. The van der Waals surface area contributed by atoms with Crippen molar-refractivity contribution in [3.63, 3.8) is 0 Å². The van der Waals surface area contributed by atoms with Gasteiger partial charge in [0.05, 0.1) is 0 Å². The van der Waals surface area contributed by atoms with E-state index in [1.54, 1.807) is 20.2 Å². The van der Waals surface area contributed by atoms with Gasteiger partial charge in [0.2, 0.25) is 0 Å². The molecule has 0 bridgehead atoms. The van der Waals surface area contributed by atoms with Crippen molar-refractivity contribution in [3.8, 4) is 0 Å². The Kier molecular flexibility index (Phi) is 3.24. The van der Waals surface area contributed by atoms with E-state index in [2.05, 4.69) is 0 Å². The van der Waals surface area contributed by atoms with E-state index in [0.29, 0.717) is 5.56 Å². The summed E-state index contributed by atoms with van der Waals surface area (Å²) in [5.74, 6) is -0.561. The van der Waals surface area contributed by atoms with Crippen LogP contribution in [0, 0.1) is 9.39 Å². The summed E-state index contributed by atoms with van der Waals surface area (Å²) in [5.41, 5.74) is 0.384. The van der Waals surface area contributed by atoms with Crippen molar-refractivity contribution < 1.29 is 9.18 Å². The smallest absolute Gasteiger partial charge is 0.253 e. The van der Waals surface area contributed by atoms with Crippen molar-refractivity contribution in [3.05, 3.63) is 33.1 Å². The Hall–Kier alpha value is -0.650. The summed E-state index contributed by atoms with van der Waals surface area (Å²) in [6, 6.07) is 4.28. The van der Waals surface area contributed by atoms with Crippen molar-refractivity contribution in [2.45, 2.75) is 0 Å². The lowest BCUT2D eigenvalue weighted by atomic mass is 10.2. The number of carbonyl (C=O) groups is 1. The minimum absolute atomic E-state index is 0.183. The topological polar surface area (TPSA) is 20.3 Å². The van der Waals surface area contributed by atoms with Crippen LogP contribution >= 0.6 is 22.6 Å². The lowest BCUT2D eigenvalue weighted by Gasteiger charge is -2.10. The summed E-state index contributed by atoms with van der Waals surface area (Å²) in [4.78, 5) is 12.8. The molecule has 1 rings (SSSR count). The number of benzene rings is 1. The molecule has 0 aliphatic carbocycles. The average Bonchev–Trinajstić information content (AvgIpc) is 2.01. The van der Waals surface area contributed by atoms with Crippen molar-refractivity contribution in [2.24, 2.45) is 0 Å². The van der Waals surface area contributed by atoms with Gasteiger partial charge in [-0.2, -0.15) is 0 Å². The van der Waals surface area contributed by atoms with Crippen molar-refractivity contribution in [1.29, 1.82) is 0 Å². The molecule has 0 fully saturated rings. The summed E-state index contributed by atoms with van der Waals surface area (Å²) in [7, 11) is 3.28. The van der Waals surface area contributed by atoms with Gasteiger partial charge in [-0.25, -0.2) is 4.39 Å². The maximum Gasteiger partial charge on any atom is 0.253 e. The highest BCUT2D eigenvalue weighted by Gasteiger charge is 2.09. The van der Waals surface area contributed by atoms with E-state index >= 15 is 0 Å². The Balaban J connectivity index is 3.08. The highest BCUT2D eigenvalue weighted by Crippen LogP contribution is 2.12. The zero-order chi connectivity index (χ0) is 10.0. The molecule has 0 aliphatic rings. The number of nitrogens with zero attached hydrogens (tertiary/aromatic N) is 1. The van der Waals surface area contributed by atoms with Crippen LogP contribution in [0.1, 0.15) is 10.4 Å².